The molecule has 1 N–H and O–H groups in total. The fourth-order valence-corrected chi connectivity index (χ4v) is 4.43. The monoisotopic (exact) mass is 499 g/mol. The van der Waals surface area contributed by atoms with Crippen LogP contribution in [0.4, 0.5) is 30.6 Å². The van der Waals surface area contributed by atoms with Crippen molar-refractivity contribution >= 4 is 23.4 Å². The molecule has 3 aromatic heterocycles. The van der Waals surface area contributed by atoms with Crippen molar-refractivity contribution in [1.82, 2.24) is 19.9 Å². The summed E-state index contributed by atoms with van der Waals surface area (Å²) in [4.78, 5) is 33.6. The summed E-state index contributed by atoms with van der Waals surface area (Å²) < 4.78 is 43.4. The van der Waals surface area contributed by atoms with Crippen LogP contribution in [0.1, 0.15) is 36.7 Å². The number of aromatic nitrogens is 4. The van der Waals surface area contributed by atoms with Gasteiger partial charge >= 0.3 is 6.18 Å². The van der Waals surface area contributed by atoms with Gasteiger partial charge in [-0.05, 0) is 37.0 Å². The number of likely N-dealkylation sites (N-methyl/N-ethyl adjacent to an activating group) is 1. The molecule has 0 saturated heterocycles. The number of ether oxygens (including phenoxy) is 1. The molecule has 0 saturated carbocycles. The van der Waals surface area contributed by atoms with Crippen molar-refractivity contribution in [2.24, 2.45) is 0 Å². The number of halogens is 3. The minimum Gasteiger partial charge on any atom is -0.437 e. The lowest BCUT2D eigenvalue weighted by Crippen LogP contribution is -2.54. The minimum atomic E-state index is -4.51. The molecule has 188 valence electrons. The van der Waals surface area contributed by atoms with Crippen LogP contribution in [0.2, 0.25) is 0 Å². The molecule has 12 heteroatoms. The highest BCUT2D eigenvalue weighted by Gasteiger charge is 2.40. The molecule has 0 spiro atoms. The summed E-state index contributed by atoms with van der Waals surface area (Å²) >= 11 is 0. The third-order valence-corrected chi connectivity index (χ3v) is 6.24. The van der Waals surface area contributed by atoms with Crippen LogP contribution in [-0.4, -0.2) is 45.5 Å². The Morgan fingerprint density at radius 3 is 2.64 bits per heavy atom. The first-order valence-electron chi connectivity index (χ1n) is 11.6. The molecule has 2 aliphatic heterocycles. The molecular formula is C24H24F3N7O2. The van der Waals surface area contributed by atoms with Crippen molar-refractivity contribution in [2.45, 2.75) is 44.9 Å². The van der Waals surface area contributed by atoms with E-state index < -0.39 is 11.9 Å². The Morgan fingerprint density at radius 2 is 1.97 bits per heavy atom. The number of carbonyl (C=O) groups is 1. The van der Waals surface area contributed by atoms with E-state index in [1.54, 1.807) is 18.3 Å². The molecule has 2 aliphatic rings. The van der Waals surface area contributed by atoms with E-state index in [0.717, 1.165) is 47.9 Å². The van der Waals surface area contributed by atoms with Crippen LogP contribution in [0.3, 0.4) is 0 Å². The zero-order valence-electron chi connectivity index (χ0n) is 19.7. The van der Waals surface area contributed by atoms with Gasteiger partial charge in [-0.25, -0.2) is 15.0 Å². The quantitative estimate of drug-likeness (QED) is 0.539. The molecule has 5 rings (SSSR count). The van der Waals surface area contributed by atoms with Crippen molar-refractivity contribution in [1.29, 1.82) is 0 Å². The first-order valence-corrected chi connectivity index (χ1v) is 11.6. The van der Waals surface area contributed by atoms with Crippen molar-refractivity contribution in [2.75, 3.05) is 28.7 Å². The van der Waals surface area contributed by atoms with E-state index in [4.69, 9.17) is 9.72 Å². The maximum absolute atomic E-state index is 12.9. The summed E-state index contributed by atoms with van der Waals surface area (Å²) in [5.74, 6) is 1.70. The lowest BCUT2D eigenvalue weighted by atomic mass is 10.0. The molecule has 0 unspecified atom stereocenters. The van der Waals surface area contributed by atoms with E-state index in [-0.39, 0.29) is 23.6 Å². The number of nitrogens with one attached hydrogen (secondary N) is 1. The largest absolute Gasteiger partial charge is 0.437 e. The molecule has 0 aromatic carbocycles. The highest BCUT2D eigenvalue weighted by molar-refractivity contribution is 6.05. The number of amides is 1. The summed E-state index contributed by atoms with van der Waals surface area (Å²) in [6.07, 6.45) is 0.427. The Bertz CT molecular complexity index is 1270. The number of carbonyl (C=O) groups excluding carboxylic acids is 1. The van der Waals surface area contributed by atoms with Crippen LogP contribution >= 0.6 is 0 Å². The highest BCUT2D eigenvalue weighted by Crippen LogP contribution is 2.40. The Balaban J connectivity index is 1.27. The molecule has 1 atom stereocenters. The maximum atomic E-state index is 12.9. The average Bonchev–Trinajstić information content (AvgIpc) is 2.87. The predicted molar refractivity (Wildman–Crippen MR) is 126 cm³/mol. The van der Waals surface area contributed by atoms with Gasteiger partial charge in [0.1, 0.15) is 23.2 Å². The van der Waals surface area contributed by atoms with Gasteiger partial charge < -0.3 is 19.9 Å². The maximum Gasteiger partial charge on any atom is 0.433 e. The smallest absolute Gasteiger partial charge is 0.433 e. The molecule has 0 radical (unpaired) electrons. The Kier molecular flexibility index (Phi) is 6.10. The zero-order chi connectivity index (χ0) is 25.4. The topological polar surface area (TPSA) is 96.4 Å². The molecule has 36 heavy (non-hydrogen) atoms. The summed E-state index contributed by atoms with van der Waals surface area (Å²) in [6.45, 7) is 3.07. The fourth-order valence-electron chi connectivity index (χ4n) is 4.43. The van der Waals surface area contributed by atoms with E-state index in [9.17, 15) is 18.0 Å². The lowest BCUT2D eigenvalue weighted by molar-refractivity contribution is -0.141. The first-order chi connectivity index (χ1) is 17.2. The SMILES string of the molecule is CC[C@H]1C(=O)N2CCCc3nc(NCc4ccc(Oc5ccc(C(F)(F)F)nc5)nc4)nc(c32)N1C. The molecule has 3 aromatic rings. The van der Waals surface area contributed by atoms with Crippen molar-refractivity contribution < 1.29 is 22.7 Å². The average molecular weight is 499 g/mol. The van der Waals surface area contributed by atoms with Crippen LogP contribution in [-0.2, 0) is 23.9 Å². The van der Waals surface area contributed by atoms with Crippen LogP contribution in [0.5, 0.6) is 11.6 Å². The number of pyridine rings is 2. The number of nitrogens with zero attached hydrogens (tertiary/aromatic N) is 6. The van der Waals surface area contributed by atoms with E-state index in [1.807, 2.05) is 23.8 Å². The fraction of sp³-hybridized carbons (Fsp3) is 0.375. The second kappa shape index (κ2) is 9.25. The molecule has 5 heterocycles. The standard InChI is InChI=1S/C24H24F3N7O2/c1-3-17-22(35)34-10-4-5-16-20(34)21(33(17)2)32-23(31-16)30-12-14-6-9-19(29-11-14)36-15-7-8-18(28-13-15)24(25,26)27/h6-9,11,13,17H,3-5,10,12H2,1-2H3,(H,30,31,32)/t17-/m0/s1. The third-order valence-electron chi connectivity index (χ3n) is 6.24. The minimum absolute atomic E-state index is 0.0956. The molecule has 9 nitrogen and oxygen atoms in total. The van der Waals surface area contributed by atoms with E-state index in [1.165, 1.54) is 6.07 Å². The summed E-state index contributed by atoms with van der Waals surface area (Å²) in [5, 5.41) is 3.23. The van der Waals surface area contributed by atoms with Gasteiger partial charge in [0.25, 0.3) is 0 Å². The predicted octanol–water partition coefficient (Wildman–Crippen LogP) is 4.20. The Hall–Kier alpha value is -3.96. The Morgan fingerprint density at radius 1 is 1.14 bits per heavy atom. The van der Waals surface area contributed by atoms with Crippen LogP contribution < -0.4 is 19.9 Å². The van der Waals surface area contributed by atoms with Gasteiger partial charge in [0.15, 0.2) is 5.82 Å². The number of anilines is 3. The van der Waals surface area contributed by atoms with Crippen LogP contribution in [0.15, 0.2) is 36.7 Å². The van der Waals surface area contributed by atoms with Crippen molar-refractivity contribution in [3.8, 4) is 11.6 Å². The molecule has 0 bridgehead atoms. The second-order valence-electron chi connectivity index (χ2n) is 8.63. The highest BCUT2D eigenvalue weighted by atomic mass is 19.4. The van der Waals surface area contributed by atoms with Gasteiger partial charge in [0, 0.05) is 32.4 Å². The lowest BCUT2D eigenvalue weighted by Gasteiger charge is -2.42. The van der Waals surface area contributed by atoms with Gasteiger partial charge in [-0.3, -0.25) is 4.79 Å². The molecule has 0 aliphatic carbocycles. The third kappa shape index (κ3) is 4.50. The van der Waals surface area contributed by atoms with E-state index in [2.05, 4.69) is 20.3 Å². The van der Waals surface area contributed by atoms with E-state index >= 15 is 0 Å². The second-order valence-corrected chi connectivity index (χ2v) is 8.63. The summed E-state index contributed by atoms with van der Waals surface area (Å²) in [6, 6.07) is 5.21. The van der Waals surface area contributed by atoms with Gasteiger partial charge in [-0.1, -0.05) is 13.0 Å². The normalized spacial score (nSPS) is 17.1. The van der Waals surface area contributed by atoms with Gasteiger partial charge in [-0.2, -0.15) is 18.2 Å². The van der Waals surface area contributed by atoms with Gasteiger partial charge in [0.05, 0.1) is 11.9 Å². The molecule has 1 amide bonds. The van der Waals surface area contributed by atoms with Gasteiger partial charge in [-0.15, -0.1) is 0 Å². The summed E-state index contributed by atoms with van der Waals surface area (Å²) in [5.41, 5.74) is 1.51. The number of rotatable bonds is 6. The zero-order valence-corrected chi connectivity index (χ0v) is 19.7. The van der Waals surface area contributed by atoms with Gasteiger partial charge in [0.2, 0.25) is 17.7 Å². The summed E-state index contributed by atoms with van der Waals surface area (Å²) in [7, 11) is 1.89. The Labute approximate surface area is 205 Å². The number of alkyl halides is 3. The van der Waals surface area contributed by atoms with Crippen LogP contribution in [0, 0.1) is 0 Å². The molecular weight excluding hydrogens is 475 g/mol. The molecule has 0 fully saturated rings. The van der Waals surface area contributed by atoms with E-state index in [0.29, 0.717) is 25.5 Å². The first kappa shape index (κ1) is 23.8. The van der Waals surface area contributed by atoms with Crippen molar-refractivity contribution in [3.63, 3.8) is 0 Å². The van der Waals surface area contributed by atoms with Crippen molar-refractivity contribution in [3.05, 3.63) is 53.6 Å². The van der Waals surface area contributed by atoms with Crippen LogP contribution in [0.25, 0.3) is 0 Å². The number of hydrogen-bond acceptors (Lipinski definition) is 8. The number of hydrogen-bond donors (Lipinski definition) is 1. The number of aryl methyl sites for hydroxylation is 1.